The molecular weight excluding hydrogens is 300 g/mol. The van der Waals surface area contributed by atoms with E-state index in [1.54, 1.807) is 24.3 Å². The highest BCUT2D eigenvalue weighted by Crippen LogP contribution is 2.26. The van der Waals surface area contributed by atoms with Gasteiger partial charge in [-0.2, -0.15) is 8.78 Å². The zero-order chi connectivity index (χ0) is 16.2. The first kappa shape index (κ1) is 15.0. The number of fused-ring (bicyclic) bond motifs is 1. The third kappa shape index (κ3) is 3.45. The molecule has 3 nitrogen and oxygen atoms in total. The minimum Gasteiger partial charge on any atom is -0.433 e. The van der Waals surface area contributed by atoms with Gasteiger partial charge in [-0.25, -0.2) is 0 Å². The summed E-state index contributed by atoms with van der Waals surface area (Å²) in [7, 11) is 0. The molecule has 3 aromatic carbocycles. The fourth-order valence-electron chi connectivity index (χ4n) is 2.29. The molecule has 23 heavy (non-hydrogen) atoms. The van der Waals surface area contributed by atoms with Gasteiger partial charge in [0, 0.05) is 5.56 Å². The zero-order valence-corrected chi connectivity index (χ0v) is 12.0. The Kier molecular flexibility index (Phi) is 4.19. The number of ether oxygens (including phenoxy) is 1. The van der Waals surface area contributed by atoms with Crippen LogP contribution in [0, 0.1) is 0 Å². The molecule has 5 heteroatoms. The Morgan fingerprint density at radius 3 is 2.39 bits per heavy atom. The van der Waals surface area contributed by atoms with Gasteiger partial charge < -0.3 is 10.1 Å². The summed E-state index contributed by atoms with van der Waals surface area (Å²) < 4.78 is 29.2. The molecule has 0 bridgehead atoms. The van der Waals surface area contributed by atoms with E-state index < -0.39 is 6.61 Å². The average molecular weight is 313 g/mol. The van der Waals surface area contributed by atoms with Gasteiger partial charge in [0.2, 0.25) is 0 Å². The van der Waals surface area contributed by atoms with Crippen LogP contribution in [-0.2, 0) is 0 Å². The molecule has 0 aliphatic heterocycles. The van der Waals surface area contributed by atoms with Gasteiger partial charge in [-0.05, 0) is 35.0 Å². The molecule has 0 atom stereocenters. The number of benzene rings is 3. The predicted octanol–water partition coefficient (Wildman–Crippen LogP) is 4.69. The summed E-state index contributed by atoms with van der Waals surface area (Å²) >= 11 is 0. The third-order valence-corrected chi connectivity index (χ3v) is 3.36. The van der Waals surface area contributed by atoms with E-state index >= 15 is 0 Å². The number of para-hydroxylation sites is 2. The number of halogens is 2. The number of rotatable bonds is 4. The molecule has 0 spiro atoms. The topological polar surface area (TPSA) is 38.3 Å². The lowest BCUT2D eigenvalue weighted by Gasteiger charge is -2.12. The monoisotopic (exact) mass is 313 g/mol. The number of carbonyl (C=O) groups is 1. The maximum Gasteiger partial charge on any atom is 0.387 e. The van der Waals surface area contributed by atoms with Gasteiger partial charge in [-0.15, -0.1) is 0 Å². The zero-order valence-electron chi connectivity index (χ0n) is 12.0. The number of hydrogen-bond acceptors (Lipinski definition) is 2. The number of nitrogens with one attached hydrogen (secondary N) is 1. The molecule has 0 aromatic heterocycles. The number of hydrogen-bond donors (Lipinski definition) is 1. The van der Waals surface area contributed by atoms with Gasteiger partial charge in [0.1, 0.15) is 5.75 Å². The van der Waals surface area contributed by atoms with Crippen LogP contribution in [0.2, 0.25) is 0 Å². The van der Waals surface area contributed by atoms with Gasteiger partial charge >= 0.3 is 6.61 Å². The molecule has 0 saturated heterocycles. The Bertz CT molecular complexity index is 849. The van der Waals surface area contributed by atoms with E-state index in [9.17, 15) is 13.6 Å². The molecule has 0 unspecified atom stereocenters. The fraction of sp³-hybridized carbons (Fsp3) is 0.0556. The van der Waals surface area contributed by atoms with Crippen molar-refractivity contribution >= 4 is 22.4 Å². The summed E-state index contributed by atoms with van der Waals surface area (Å²) in [5, 5.41) is 4.55. The van der Waals surface area contributed by atoms with Crippen molar-refractivity contribution in [3.63, 3.8) is 0 Å². The maximum absolute atomic E-state index is 12.4. The average Bonchev–Trinajstić information content (AvgIpc) is 2.55. The summed E-state index contributed by atoms with van der Waals surface area (Å²) in [6.45, 7) is -2.95. The van der Waals surface area contributed by atoms with E-state index in [1.165, 1.54) is 12.1 Å². The molecule has 1 N–H and O–H groups in total. The molecule has 0 aliphatic rings. The molecule has 0 aliphatic carbocycles. The minimum atomic E-state index is -2.95. The Hall–Kier alpha value is -2.95. The van der Waals surface area contributed by atoms with Crippen molar-refractivity contribution in [2.75, 3.05) is 5.32 Å². The summed E-state index contributed by atoms with van der Waals surface area (Å²) in [4.78, 5) is 12.3. The third-order valence-electron chi connectivity index (χ3n) is 3.36. The summed E-state index contributed by atoms with van der Waals surface area (Å²) in [5.74, 6) is -0.460. The fourth-order valence-corrected chi connectivity index (χ4v) is 2.29. The van der Waals surface area contributed by atoms with E-state index in [1.807, 2.05) is 30.3 Å². The van der Waals surface area contributed by atoms with Crippen molar-refractivity contribution in [3.05, 3.63) is 72.3 Å². The smallest absolute Gasteiger partial charge is 0.387 e. The van der Waals surface area contributed by atoms with E-state index in [2.05, 4.69) is 10.1 Å². The van der Waals surface area contributed by atoms with Crippen LogP contribution in [0.5, 0.6) is 5.75 Å². The standard InChI is InChI=1S/C18H13F2NO2/c19-18(20)23-16-8-4-3-7-15(16)21-17(22)14-10-9-12-5-1-2-6-13(12)11-14/h1-11,18H,(H,21,22). The lowest BCUT2D eigenvalue weighted by molar-refractivity contribution is -0.0493. The SMILES string of the molecule is O=C(Nc1ccccc1OC(F)F)c1ccc2ccccc2c1. The van der Waals surface area contributed by atoms with Crippen molar-refractivity contribution < 1.29 is 18.3 Å². The van der Waals surface area contributed by atoms with Gasteiger partial charge in [0.05, 0.1) is 5.69 Å². The summed E-state index contributed by atoms with van der Waals surface area (Å²) in [6, 6.07) is 19.0. The quantitative estimate of drug-likeness (QED) is 0.758. The van der Waals surface area contributed by atoms with Crippen molar-refractivity contribution in [3.8, 4) is 5.75 Å². The first-order valence-electron chi connectivity index (χ1n) is 6.97. The minimum absolute atomic E-state index is 0.0726. The van der Waals surface area contributed by atoms with Crippen LogP contribution in [0.3, 0.4) is 0 Å². The van der Waals surface area contributed by atoms with E-state index in [0.717, 1.165) is 10.8 Å². The molecule has 116 valence electrons. The molecule has 0 radical (unpaired) electrons. The van der Waals surface area contributed by atoms with E-state index in [-0.39, 0.29) is 17.3 Å². The normalized spacial score (nSPS) is 10.7. The van der Waals surface area contributed by atoms with Gasteiger partial charge in [-0.1, -0.05) is 42.5 Å². The van der Waals surface area contributed by atoms with Crippen LogP contribution in [-0.4, -0.2) is 12.5 Å². The van der Waals surface area contributed by atoms with Crippen molar-refractivity contribution in [1.29, 1.82) is 0 Å². The van der Waals surface area contributed by atoms with Crippen LogP contribution in [0.4, 0.5) is 14.5 Å². The summed E-state index contributed by atoms with van der Waals surface area (Å²) in [6.07, 6.45) is 0. The summed E-state index contributed by atoms with van der Waals surface area (Å²) in [5.41, 5.74) is 0.640. The van der Waals surface area contributed by atoms with Gasteiger partial charge in [0.15, 0.2) is 0 Å². The molecular formula is C18H13F2NO2. The molecule has 0 heterocycles. The number of carbonyl (C=O) groups excluding carboxylic acids is 1. The van der Waals surface area contributed by atoms with Crippen molar-refractivity contribution in [2.24, 2.45) is 0 Å². The van der Waals surface area contributed by atoms with Crippen LogP contribution in [0.1, 0.15) is 10.4 Å². The Balaban J connectivity index is 1.86. The van der Waals surface area contributed by atoms with Crippen LogP contribution in [0.25, 0.3) is 10.8 Å². The lowest BCUT2D eigenvalue weighted by atomic mass is 10.1. The number of anilines is 1. The number of alkyl halides is 2. The second-order valence-electron chi connectivity index (χ2n) is 4.89. The molecule has 1 amide bonds. The first-order chi connectivity index (χ1) is 11.1. The van der Waals surface area contributed by atoms with Crippen molar-refractivity contribution in [2.45, 2.75) is 6.61 Å². The van der Waals surface area contributed by atoms with Gasteiger partial charge in [0.25, 0.3) is 5.91 Å². The predicted molar refractivity (Wildman–Crippen MR) is 85.0 cm³/mol. The Labute approximate surface area is 131 Å². The Morgan fingerprint density at radius 1 is 0.913 bits per heavy atom. The second-order valence-corrected chi connectivity index (χ2v) is 4.89. The molecule has 3 aromatic rings. The lowest BCUT2D eigenvalue weighted by Crippen LogP contribution is -2.13. The Morgan fingerprint density at radius 2 is 1.61 bits per heavy atom. The molecule has 0 fully saturated rings. The van der Waals surface area contributed by atoms with E-state index in [4.69, 9.17) is 0 Å². The van der Waals surface area contributed by atoms with Crippen LogP contribution in [0.15, 0.2) is 66.7 Å². The second kappa shape index (κ2) is 6.44. The number of amides is 1. The highest BCUT2D eigenvalue weighted by molar-refractivity contribution is 6.07. The van der Waals surface area contributed by atoms with Crippen LogP contribution >= 0.6 is 0 Å². The van der Waals surface area contributed by atoms with Gasteiger partial charge in [-0.3, -0.25) is 4.79 Å². The maximum atomic E-state index is 12.4. The van der Waals surface area contributed by atoms with Crippen LogP contribution < -0.4 is 10.1 Å². The largest absolute Gasteiger partial charge is 0.433 e. The highest BCUT2D eigenvalue weighted by Gasteiger charge is 2.13. The first-order valence-corrected chi connectivity index (χ1v) is 6.97. The molecule has 3 rings (SSSR count). The van der Waals surface area contributed by atoms with Crippen molar-refractivity contribution in [1.82, 2.24) is 0 Å². The van der Waals surface area contributed by atoms with E-state index in [0.29, 0.717) is 5.56 Å². The molecule has 0 saturated carbocycles. The highest BCUT2D eigenvalue weighted by atomic mass is 19.3.